The average molecular weight is 337 g/mol. The van der Waals surface area contributed by atoms with Gasteiger partial charge < -0.3 is 20.1 Å². The molecule has 0 amide bonds. The summed E-state index contributed by atoms with van der Waals surface area (Å²) in [6, 6.07) is 7.13. The molecule has 0 radical (unpaired) electrons. The molecule has 0 atom stereocenters. The molecular weight excluding hydrogens is 304 g/mol. The van der Waals surface area contributed by atoms with E-state index in [0.717, 1.165) is 48.8 Å². The minimum absolute atomic E-state index is 0.296. The number of piperidine rings is 1. The van der Waals surface area contributed by atoms with E-state index in [1.165, 1.54) is 12.8 Å². The number of hydrogen-bond acceptors (Lipinski definition) is 4. The molecule has 0 spiro atoms. The molecule has 23 heavy (non-hydrogen) atoms. The van der Waals surface area contributed by atoms with Crippen LogP contribution in [0.1, 0.15) is 19.8 Å². The van der Waals surface area contributed by atoms with Crippen molar-refractivity contribution < 1.29 is 9.47 Å². The number of ether oxygens (including phenoxy) is 2. The first-order valence-corrected chi connectivity index (χ1v) is 12.4. The number of hydrogen-bond donors (Lipinski definition) is 1. The molecule has 0 saturated carbocycles. The number of nitrogens with two attached hydrogens (primary N) is 1. The highest BCUT2D eigenvalue weighted by molar-refractivity contribution is 6.76. The first-order chi connectivity index (χ1) is 10.8. The van der Waals surface area contributed by atoms with E-state index in [4.69, 9.17) is 15.2 Å². The van der Waals surface area contributed by atoms with Crippen LogP contribution in [-0.2, 0) is 4.74 Å². The second-order valence-corrected chi connectivity index (χ2v) is 13.5. The minimum Gasteiger partial charge on any atom is -0.467 e. The van der Waals surface area contributed by atoms with Crippen LogP contribution in [0.5, 0.6) is 5.75 Å². The van der Waals surface area contributed by atoms with Crippen LogP contribution in [0, 0.1) is 5.92 Å². The number of rotatable bonds is 7. The Morgan fingerprint density at radius 1 is 1.22 bits per heavy atom. The normalized spacial score (nSPS) is 16.6. The number of benzene rings is 1. The number of nitrogens with zero attached hydrogens (tertiary/aromatic N) is 1. The molecule has 1 aromatic rings. The molecule has 4 nitrogen and oxygen atoms in total. The maximum absolute atomic E-state index is 6.22. The second-order valence-electron chi connectivity index (χ2n) is 7.87. The maximum atomic E-state index is 6.22. The van der Waals surface area contributed by atoms with Crippen molar-refractivity contribution in [2.24, 2.45) is 5.92 Å². The predicted molar refractivity (Wildman–Crippen MR) is 101 cm³/mol. The van der Waals surface area contributed by atoms with Crippen LogP contribution in [0.2, 0.25) is 25.7 Å². The van der Waals surface area contributed by atoms with Crippen molar-refractivity contribution in [2.45, 2.75) is 45.5 Å². The van der Waals surface area contributed by atoms with Crippen LogP contribution in [0.4, 0.5) is 11.4 Å². The summed E-state index contributed by atoms with van der Waals surface area (Å²) in [5.41, 5.74) is 8.14. The van der Waals surface area contributed by atoms with E-state index in [9.17, 15) is 0 Å². The lowest BCUT2D eigenvalue weighted by molar-refractivity contribution is 0.0221. The molecule has 2 N–H and O–H groups in total. The quantitative estimate of drug-likeness (QED) is 0.351. The van der Waals surface area contributed by atoms with Crippen LogP contribution in [0.15, 0.2) is 18.2 Å². The molecule has 2 rings (SSSR count). The Hall–Kier alpha value is -1.20. The summed E-state index contributed by atoms with van der Waals surface area (Å²) < 4.78 is 11.2. The number of anilines is 2. The van der Waals surface area contributed by atoms with Crippen molar-refractivity contribution in [1.82, 2.24) is 0 Å². The zero-order valence-corrected chi connectivity index (χ0v) is 16.1. The average Bonchev–Trinajstić information content (AvgIpc) is 2.47. The summed E-state index contributed by atoms with van der Waals surface area (Å²) >= 11 is 0. The molecule has 0 aliphatic carbocycles. The fourth-order valence-corrected chi connectivity index (χ4v) is 3.46. The zero-order chi connectivity index (χ0) is 16.9. The van der Waals surface area contributed by atoms with Gasteiger partial charge in [-0.05, 0) is 36.9 Å². The molecule has 130 valence electrons. The first-order valence-electron chi connectivity index (χ1n) is 8.70. The van der Waals surface area contributed by atoms with Gasteiger partial charge in [-0.3, -0.25) is 0 Å². The van der Waals surface area contributed by atoms with Crippen molar-refractivity contribution >= 4 is 19.4 Å². The standard InChI is InChI=1S/C18H32N2O2Si/c1-15-7-9-20(10-8-15)18-6-5-16(13-17(18)19)22-14-21-11-12-23(2,3)4/h5-6,13,15H,7-12,14,19H2,1-4H3. The predicted octanol–water partition coefficient (Wildman–Crippen LogP) is 4.20. The lowest BCUT2D eigenvalue weighted by atomic mass is 9.98. The van der Waals surface area contributed by atoms with Crippen LogP contribution in [0.25, 0.3) is 0 Å². The lowest BCUT2D eigenvalue weighted by Gasteiger charge is -2.33. The number of nitrogen functional groups attached to an aromatic ring is 1. The van der Waals surface area contributed by atoms with Gasteiger partial charge >= 0.3 is 0 Å². The van der Waals surface area contributed by atoms with Gasteiger partial charge in [0, 0.05) is 33.8 Å². The lowest BCUT2D eigenvalue weighted by Crippen LogP contribution is -2.33. The molecular formula is C18H32N2O2Si. The van der Waals surface area contributed by atoms with Gasteiger partial charge in [-0.1, -0.05) is 26.6 Å². The minimum atomic E-state index is -1.03. The Labute approximate surface area is 142 Å². The van der Waals surface area contributed by atoms with Crippen LogP contribution in [-0.4, -0.2) is 34.6 Å². The third kappa shape index (κ3) is 6.07. The van der Waals surface area contributed by atoms with Crippen molar-refractivity contribution in [3.8, 4) is 5.75 Å². The maximum Gasteiger partial charge on any atom is 0.189 e. The summed E-state index contributed by atoms with van der Waals surface area (Å²) in [6.07, 6.45) is 2.48. The highest BCUT2D eigenvalue weighted by Crippen LogP contribution is 2.30. The molecule has 0 aromatic heterocycles. The SMILES string of the molecule is CC1CCN(c2ccc(OCOCC[Si](C)(C)C)cc2N)CC1. The molecule has 1 heterocycles. The molecule has 1 fully saturated rings. The van der Waals surface area contributed by atoms with Gasteiger partial charge in [0.25, 0.3) is 0 Å². The van der Waals surface area contributed by atoms with E-state index in [-0.39, 0.29) is 0 Å². The molecule has 0 bridgehead atoms. The fourth-order valence-electron chi connectivity index (χ4n) is 2.71. The Morgan fingerprint density at radius 3 is 2.52 bits per heavy atom. The van der Waals surface area contributed by atoms with Crippen LogP contribution in [0.3, 0.4) is 0 Å². The largest absolute Gasteiger partial charge is 0.467 e. The third-order valence-electron chi connectivity index (χ3n) is 4.43. The van der Waals surface area contributed by atoms with E-state index < -0.39 is 8.07 Å². The Morgan fingerprint density at radius 2 is 1.91 bits per heavy atom. The van der Waals surface area contributed by atoms with Crippen LogP contribution < -0.4 is 15.4 Å². The summed E-state index contributed by atoms with van der Waals surface area (Å²) in [7, 11) is -1.03. The summed E-state index contributed by atoms with van der Waals surface area (Å²) in [5.74, 6) is 1.60. The topological polar surface area (TPSA) is 47.7 Å². The van der Waals surface area contributed by atoms with E-state index in [0.29, 0.717) is 6.79 Å². The highest BCUT2D eigenvalue weighted by Gasteiger charge is 2.18. The third-order valence-corrected chi connectivity index (χ3v) is 6.13. The van der Waals surface area contributed by atoms with E-state index in [1.807, 2.05) is 12.1 Å². The van der Waals surface area contributed by atoms with Gasteiger partial charge in [-0.2, -0.15) is 0 Å². The Balaban J connectivity index is 1.80. The fraction of sp³-hybridized carbons (Fsp3) is 0.667. The van der Waals surface area contributed by atoms with E-state index in [1.54, 1.807) is 0 Å². The van der Waals surface area contributed by atoms with Crippen molar-refractivity contribution in [1.29, 1.82) is 0 Å². The summed E-state index contributed by atoms with van der Waals surface area (Å²) in [4.78, 5) is 2.38. The Kier molecular flexibility index (Phi) is 6.36. The van der Waals surface area contributed by atoms with E-state index >= 15 is 0 Å². The van der Waals surface area contributed by atoms with Gasteiger partial charge in [0.05, 0.1) is 11.4 Å². The smallest absolute Gasteiger partial charge is 0.189 e. The van der Waals surface area contributed by atoms with Crippen molar-refractivity contribution in [3.05, 3.63) is 18.2 Å². The van der Waals surface area contributed by atoms with Crippen molar-refractivity contribution in [2.75, 3.05) is 37.1 Å². The second kappa shape index (κ2) is 8.06. The first kappa shape index (κ1) is 18.1. The van der Waals surface area contributed by atoms with Gasteiger partial charge in [-0.15, -0.1) is 0 Å². The van der Waals surface area contributed by atoms with Crippen LogP contribution >= 0.6 is 0 Å². The van der Waals surface area contributed by atoms with Gasteiger partial charge in [0.15, 0.2) is 6.79 Å². The monoisotopic (exact) mass is 336 g/mol. The molecule has 1 aliphatic heterocycles. The summed E-state index contributed by atoms with van der Waals surface area (Å²) in [6.45, 7) is 12.6. The molecule has 1 saturated heterocycles. The highest BCUT2D eigenvalue weighted by atomic mass is 28.3. The van der Waals surface area contributed by atoms with Crippen molar-refractivity contribution in [3.63, 3.8) is 0 Å². The zero-order valence-electron chi connectivity index (χ0n) is 15.1. The molecule has 5 heteroatoms. The molecule has 1 aliphatic rings. The van der Waals surface area contributed by atoms with Gasteiger partial charge in [0.2, 0.25) is 0 Å². The van der Waals surface area contributed by atoms with E-state index in [2.05, 4.69) is 37.5 Å². The summed E-state index contributed by atoms with van der Waals surface area (Å²) in [5, 5.41) is 0. The molecule has 1 aromatic carbocycles. The van der Waals surface area contributed by atoms with Gasteiger partial charge in [-0.25, -0.2) is 0 Å². The Bertz CT molecular complexity index is 494. The molecule has 0 unspecified atom stereocenters. The van der Waals surface area contributed by atoms with Gasteiger partial charge in [0.1, 0.15) is 5.75 Å².